The summed E-state index contributed by atoms with van der Waals surface area (Å²) in [5, 5.41) is 3.33. The van der Waals surface area contributed by atoms with E-state index < -0.39 is 12.1 Å². The van der Waals surface area contributed by atoms with Crippen LogP contribution in [-0.4, -0.2) is 27.5 Å². The quantitative estimate of drug-likeness (QED) is 0.843. The molecular formula is C15H16F3N3O2. The molecule has 0 saturated heterocycles. The molecule has 0 atom stereocenters. The van der Waals surface area contributed by atoms with Gasteiger partial charge in [-0.1, -0.05) is 36.3 Å². The highest BCUT2D eigenvalue weighted by Gasteiger charge is 2.38. The SMILES string of the molecule is CCC(=O)N(CC)Cc1ccc(-c2noc(C(F)(F)F)n2)cc1. The van der Waals surface area contributed by atoms with E-state index in [0.29, 0.717) is 25.1 Å². The molecule has 23 heavy (non-hydrogen) atoms. The first-order valence-corrected chi connectivity index (χ1v) is 7.13. The first-order chi connectivity index (χ1) is 10.8. The van der Waals surface area contributed by atoms with Gasteiger partial charge in [0.25, 0.3) is 0 Å². The van der Waals surface area contributed by atoms with Gasteiger partial charge in [0.05, 0.1) is 0 Å². The minimum absolute atomic E-state index is 0.0459. The van der Waals surface area contributed by atoms with E-state index in [1.54, 1.807) is 36.1 Å². The lowest BCUT2D eigenvalue weighted by atomic mass is 10.1. The maximum atomic E-state index is 12.4. The van der Waals surface area contributed by atoms with E-state index in [1.165, 1.54) is 0 Å². The zero-order valence-electron chi connectivity index (χ0n) is 12.7. The molecule has 0 spiro atoms. The molecular weight excluding hydrogens is 311 g/mol. The summed E-state index contributed by atoms with van der Waals surface area (Å²) in [6.45, 7) is 4.72. The molecule has 0 bridgehead atoms. The molecule has 0 unspecified atom stereocenters. The number of alkyl halides is 3. The van der Waals surface area contributed by atoms with Gasteiger partial charge < -0.3 is 9.42 Å². The van der Waals surface area contributed by atoms with Gasteiger partial charge in [-0.3, -0.25) is 4.79 Å². The van der Waals surface area contributed by atoms with Crippen LogP contribution in [0.3, 0.4) is 0 Å². The summed E-state index contributed by atoms with van der Waals surface area (Å²) in [6.07, 6.45) is -4.23. The first kappa shape index (κ1) is 17.0. The van der Waals surface area contributed by atoms with E-state index >= 15 is 0 Å². The van der Waals surface area contributed by atoms with Gasteiger partial charge in [-0.25, -0.2) is 0 Å². The molecule has 0 N–H and O–H groups in total. The van der Waals surface area contributed by atoms with Crippen molar-refractivity contribution < 1.29 is 22.5 Å². The lowest BCUT2D eigenvalue weighted by Crippen LogP contribution is -2.29. The number of nitrogens with zero attached hydrogens (tertiary/aromatic N) is 3. The van der Waals surface area contributed by atoms with E-state index in [-0.39, 0.29) is 11.7 Å². The van der Waals surface area contributed by atoms with Gasteiger partial charge >= 0.3 is 12.1 Å². The molecule has 0 aliphatic rings. The van der Waals surface area contributed by atoms with Crippen LogP contribution in [0.4, 0.5) is 13.2 Å². The molecule has 1 aromatic carbocycles. The lowest BCUT2D eigenvalue weighted by molar-refractivity contribution is -0.159. The maximum Gasteiger partial charge on any atom is 0.471 e. The van der Waals surface area contributed by atoms with Crippen molar-refractivity contribution in [1.29, 1.82) is 0 Å². The van der Waals surface area contributed by atoms with Crippen LogP contribution in [0.2, 0.25) is 0 Å². The fourth-order valence-electron chi connectivity index (χ4n) is 2.04. The molecule has 0 aliphatic heterocycles. The summed E-state index contributed by atoms with van der Waals surface area (Å²) in [5.41, 5.74) is 1.29. The predicted molar refractivity (Wildman–Crippen MR) is 76.1 cm³/mol. The highest BCUT2D eigenvalue weighted by Crippen LogP contribution is 2.29. The lowest BCUT2D eigenvalue weighted by Gasteiger charge is -2.20. The molecule has 1 amide bonds. The average molecular weight is 327 g/mol. The molecule has 0 saturated carbocycles. The Morgan fingerprint density at radius 3 is 2.35 bits per heavy atom. The average Bonchev–Trinajstić information content (AvgIpc) is 3.02. The van der Waals surface area contributed by atoms with E-state index in [1.807, 2.05) is 6.92 Å². The Labute approximate surface area is 131 Å². The van der Waals surface area contributed by atoms with Crippen molar-refractivity contribution in [3.8, 4) is 11.4 Å². The number of hydrogen-bond acceptors (Lipinski definition) is 4. The zero-order chi connectivity index (χ0) is 17.0. The van der Waals surface area contributed by atoms with Gasteiger partial charge in [0.15, 0.2) is 0 Å². The molecule has 0 aliphatic carbocycles. The Balaban J connectivity index is 2.13. The first-order valence-electron chi connectivity index (χ1n) is 7.13. The number of aromatic nitrogens is 2. The Bertz CT molecular complexity index is 665. The van der Waals surface area contributed by atoms with E-state index in [2.05, 4.69) is 14.7 Å². The van der Waals surface area contributed by atoms with Gasteiger partial charge in [-0.2, -0.15) is 18.2 Å². The van der Waals surface area contributed by atoms with Crippen molar-refractivity contribution in [2.24, 2.45) is 0 Å². The van der Waals surface area contributed by atoms with Crippen LogP contribution in [0.25, 0.3) is 11.4 Å². The number of amides is 1. The number of carbonyl (C=O) groups is 1. The fraction of sp³-hybridized carbons (Fsp3) is 0.400. The topological polar surface area (TPSA) is 59.2 Å². The van der Waals surface area contributed by atoms with Crippen molar-refractivity contribution in [1.82, 2.24) is 15.0 Å². The Morgan fingerprint density at radius 1 is 1.22 bits per heavy atom. The molecule has 2 rings (SSSR count). The number of carbonyl (C=O) groups excluding carboxylic acids is 1. The van der Waals surface area contributed by atoms with Crippen LogP contribution in [0, 0.1) is 0 Å². The third-order valence-corrected chi connectivity index (χ3v) is 3.29. The molecule has 2 aromatic rings. The van der Waals surface area contributed by atoms with Crippen LogP contribution >= 0.6 is 0 Å². The standard InChI is InChI=1S/C15H16F3N3O2/c1-3-12(22)21(4-2)9-10-5-7-11(8-6-10)13-19-14(23-20-13)15(16,17)18/h5-8H,3-4,9H2,1-2H3. The second-order valence-corrected chi connectivity index (χ2v) is 4.88. The van der Waals surface area contributed by atoms with E-state index in [9.17, 15) is 18.0 Å². The minimum Gasteiger partial charge on any atom is -0.339 e. The molecule has 1 heterocycles. The third-order valence-electron chi connectivity index (χ3n) is 3.29. The molecule has 8 heteroatoms. The molecule has 0 fully saturated rings. The Hall–Kier alpha value is -2.38. The summed E-state index contributed by atoms with van der Waals surface area (Å²) < 4.78 is 41.5. The van der Waals surface area contributed by atoms with Crippen LogP contribution in [0.1, 0.15) is 31.7 Å². The van der Waals surface area contributed by atoms with Crippen molar-refractivity contribution in [2.75, 3.05) is 6.54 Å². The zero-order valence-corrected chi connectivity index (χ0v) is 12.7. The number of hydrogen-bond donors (Lipinski definition) is 0. The van der Waals surface area contributed by atoms with Gasteiger partial charge in [0.1, 0.15) is 0 Å². The fourth-order valence-corrected chi connectivity index (χ4v) is 2.04. The van der Waals surface area contributed by atoms with Crippen molar-refractivity contribution in [3.05, 3.63) is 35.7 Å². The number of halogens is 3. The summed E-state index contributed by atoms with van der Waals surface area (Å²) in [4.78, 5) is 16.8. The minimum atomic E-state index is -4.66. The van der Waals surface area contributed by atoms with Crippen LogP contribution < -0.4 is 0 Å². The highest BCUT2D eigenvalue weighted by molar-refractivity contribution is 5.75. The maximum absolute atomic E-state index is 12.4. The van der Waals surface area contributed by atoms with Gasteiger partial charge in [-0.05, 0) is 12.5 Å². The smallest absolute Gasteiger partial charge is 0.339 e. The van der Waals surface area contributed by atoms with E-state index in [4.69, 9.17) is 0 Å². The Morgan fingerprint density at radius 2 is 1.87 bits per heavy atom. The summed E-state index contributed by atoms with van der Waals surface area (Å²) in [7, 11) is 0. The summed E-state index contributed by atoms with van der Waals surface area (Å²) in [5.74, 6) is -1.45. The van der Waals surface area contributed by atoms with Crippen molar-refractivity contribution >= 4 is 5.91 Å². The monoisotopic (exact) mass is 327 g/mol. The highest BCUT2D eigenvalue weighted by atomic mass is 19.4. The second kappa shape index (κ2) is 6.80. The second-order valence-electron chi connectivity index (χ2n) is 4.88. The van der Waals surface area contributed by atoms with Gasteiger partial charge in [0.2, 0.25) is 11.7 Å². The molecule has 0 radical (unpaired) electrons. The number of rotatable bonds is 5. The van der Waals surface area contributed by atoms with Crippen LogP contribution in [-0.2, 0) is 17.5 Å². The van der Waals surface area contributed by atoms with Crippen molar-refractivity contribution in [2.45, 2.75) is 33.0 Å². The molecule has 124 valence electrons. The third kappa shape index (κ3) is 4.08. The van der Waals surface area contributed by atoms with Crippen LogP contribution in [0.15, 0.2) is 28.8 Å². The van der Waals surface area contributed by atoms with Gasteiger partial charge in [0, 0.05) is 25.1 Å². The summed E-state index contributed by atoms with van der Waals surface area (Å²) >= 11 is 0. The van der Waals surface area contributed by atoms with E-state index in [0.717, 1.165) is 5.56 Å². The summed E-state index contributed by atoms with van der Waals surface area (Å²) in [6, 6.07) is 6.66. The van der Waals surface area contributed by atoms with Gasteiger partial charge in [-0.15, -0.1) is 0 Å². The number of benzene rings is 1. The van der Waals surface area contributed by atoms with Crippen molar-refractivity contribution in [3.63, 3.8) is 0 Å². The molecule has 1 aromatic heterocycles. The largest absolute Gasteiger partial charge is 0.471 e. The Kier molecular flexibility index (Phi) is 5.02. The van der Waals surface area contributed by atoms with Crippen LogP contribution in [0.5, 0.6) is 0 Å². The molecule has 5 nitrogen and oxygen atoms in total. The normalized spacial score (nSPS) is 11.5. The predicted octanol–water partition coefficient (Wildman–Crippen LogP) is 3.51.